The summed E-state index contributed by atoms with van der Waals surface area (Å²) in [5, 5.41) is 0.00927. The number of hydrogen-bond acceptors (Lipinski definition) is 6. The van der Waals surface area contributed by atoms with Crippen molar-refractivity contribution in [2.45, 2.75) is 11.3 Å². The first-order valence-electron chi connectivity index (χ1n) is 8.15. The van der Waals surface area contributed by atoms with Gasteiger partial charge in [0.1, 0.15) is 10.6 Å². The van der Waals surface area contributed by atoms with Gasteiger partial charge in [0.05, 0.1) is 17.7 Å². The van der Waals surface area contributed by atoms with Crippen LogP contribution in [-0.2, 0) is 21.0 Å². The number of rotatable bonds is 7. The van der Waals surface area contributed by atoms with Crippen molar-refractivity contribution in [1.29, 1.82) is 0 Å². The van der Waals surface area contributed by atoms with Crippen LogP contribution in [0.2, 0.25) is 5.02 Å². The van der Waals surface area contributed by atoms with Gasteiger partial charge in [-0.05, 0) is 50.3 Å². The molecule has 0 amide bonds. The van der Waals surface area contributed by atoms with Crippen molar-refractivity contribution >= 4 is 27.4 Å². The fraction of sp³-hybridized carbons (Fsp3) is 0.316. The van der Waals surface area contributed by atoms with Gasteiger partial charge in [-0.15, -0.1) is 0 Å². The van der Waals surface area contributed by atoms with Crippen LogP contribution in [0.1, 0.15) is 15.9 Å². The van der Waals surface area contributed by atoms with Crippen molar-refractivity contribution in [2.75, 3.05) is 34.0 Å². The minimum atomic E-state index is -3.69. The Morgan fingerprint density at radius 3 is 2.30 bits per heavy atom. The van der Waals surface area contributed by atoms with E-state index in [0.29, 0.717) is 5.75 Å². The molecule has 0 aromatic heterocycles. The number of hydrogen-bond donors (Lipinski definition) is 0. The van der Waals surface area contributed by atoms with E-state index in [9.17, 15) is 13.2 Å². The van der Waals surface area contributed by atoms with E-state index in [2.05, 4.69) is 9.64 Å². The molecule has 0 unspecified atom stereocenters. The van der Waals surface area contributed by atoms with Gasteiger partial charge in [-0.25, -0.2) is 13.2 Å². The van der Waals surface area contributed by atoms with Gasteiger partial charge in [-0.2, -0.15) is 0 Å². The second-order valence-corrected chi connectivity index (χ2v) is 8.74. The molecule has 0 aliphatic carbocycles. The monoisotopic (exact) mass is 411 g/mol. The van der Waals surface area contributed by atoms with Crippen LogP contribution >= 0.6 is 11.6 Å². The highest BCUT2D eigenvalue weighted by molar-refractivity contribution is 7.90. The molecule has 0 heterocycles. The first kappa shape index (κ1) is 21.2. The lowest BCUT2D eigenvalue weighted by Gasteiger charge is -2.14. The number of carbonyl (C=O) groups excluding carboxylic acids is 1. The van der Waals surface area contributed by atoms with Gasteiger partial charge >= 0.3 is 5.97 Å². The first-order valence-corrected chi connectivity index (χ1v) is 10.4. The predicted molar refractivity (Wildman–Crippen MR) is 105 cm³/mol. The normalized spacial score (nSPS) is 11.5. The summed E-state index contributed by atoms with van der Waals surface area (Å²) >= 11 is 6.20. The lowest BCUT2D eigenvalue weighted by molar-refractivity contribution is 0.0600. The average molecular weight is 412 g/mol. The zero-order valence-corrected chi connectivity index (χ0v) is 17.2. The SMILES string of the molecule is COC(=O)c1cc(Cl)c(Oc2ccc(CCN(C)C)cc2)c(S(C)(=O)=O)c1. The molecule has 0 spiro atoms. The highest BCUT2D eigenvalue weighted by Gasteiger charge is 2.22. The molecular formula is C19H22ClNO5S. The average Bonchev–Trinajstić information content (AvgIpc) is 2.60. The number of methoxy groups -OCH3 is 1. The zero-order valence-electron chi connectivity index (χ0n) is 15.7. The number of benzene rings is 2. The van der Waals surface area contributed by atoms with Crippen molar-refractivity contribution in [3.63, 3.8) is 0 Å². The van der Waals surface area contributed by atoms with Gasteiger partial charge in [-0.1, -0.05) is 23.7 Å². The van der Waals surface area contributed by atoms with Gasteiger partial charge in [0, 0.05) is 12.8 Å². The molecule has 2 rings (SSSR count). The highest BCUT2D eigenvalue weighted by atomic mass is 35.5. The Balaban J connectivity index is 2.36. The smallest absolute Gasteiger partial charge is 0.337 e. The second-order valence-electron chi connectivity index (χ2n) is 6.35. The molecule has 0 aliphatic heterocycles. The molecule has 0 bridgehead atoms. The van der Waals surface area contributed by atoms with E-state index >= 15 is 0 Å². The largest absolute Gasteiger partial charge is 0.465 e. The van der Waals surface area contributed by atoms with Crippen molar-refractivity contribution in [3.8, 4) is 11.5 Å². The lowest BCUT2D eigenvalue weighted by atomic mass is 10.1. The fourth-order valence-corrected chi connectivity index (χ4v) is 3.52. The molecule has 0 aliphatic rings. The van der Waals surface area contributed by atoms with E-state index in [1.165, 1.54) is 19.2 Å². The molecular weight excluding hydrogens is 390 g/mol. The Morgan fingerprint density at radius 1 is 1.15 bits per heavy atom. The van der Waals surface area contributed by atoms with Crippen LogP contribution in [0, 0.1) is 0 Å². The third-order valence-corrected chi connectivity index (χ3v) is 5.20. The van der Waals surface area contributed by atoms with Gasteiger partial charge in [0.25, 0.3) is 0 Å². The van der Waals surface area contributed by atoms with Crippen molar-refractivity contribution in [2.24, 2.45) is 0 Å². The molecule has 8 heteroatoms. The molecule has 0 saturated carbocycles. The van der Waals surface area contributed by atoms with E-state index in [1.807, 2.05) is 26.2 Å². The Kier molecular flexibility index (Phi) is 6.86. The zero-order chi connectivity index (χ0) is 20.2. The topological polar surface area (TPSA) is 72.9 Å². The molecule has 0 radical (unpaired) electrons. The number of halogens is 1. The highest BCUT2D eigenvalue weighted by Crippen LogP contribution is 2.37. The maximum Gasteiger partial charge on any atom is 0.337 e. The minimum Gasteiger partial charge on any atom is -0.465 e. The first-order chi connectivity index (χ1) is 12.6. The Hall–Kier alpha value is -2.09. The number of carbonyl (C=O) groups is 1. The maximum atomic E-state index is 12.2. The summed E-state index contributed by atoms with van der Waals surface area (Å²) in [5.74, 6) is -0.257. The number of sulfone groups is 1. The number of ether oxygens (including phenoxy) is 2. The molecule has 146 valence electrons. The second kappa shape index (κ2) is 8.73. The molecule has 27 heavy (non-hydrogen) atoms. The Labute approximate surface area is 164 Å². The summed E-state index contributed by atoms with van der Waals surface area (Å²) in [4.78, 5) is 13.7. The van der Waals surface area contributed by atoms with Gasteiger partial charge < -0.3 is 14.4 Å². The fourth-order valence-electron chi connectivity index (χ4n) is 2.37. The van der Waals surface area contributed by atoms with Crippen LogP contribution < -0.4 is 4.74 Å². The molecule has 6 nitrogen and oxygen atoms in total. The Bertz CT molecular complexity index is 924. The summed E-state index contributed by atoms with van der Waals surface area (Å²) in [7, 11) is 1.53. The quantitative estimate of drug-likeness (QED) is 0.650. The van der Waals surface area contributed by atoms with Crippen molar-refractivity contribution < 1.29 is 22.7 Å². The summed E-state index contributed by atoms with van der Waals surface area (Å²) < 4.78 is 34.7. The summed E-state index contributed by atoms with van der Waals surface area (Å²) in [6, 6.07) is 9.85. The van der Waals surface area contributed by atoms with E-state index in [0.717, 1.165) is 24.8 Å². The molecule has 2 aromatic rings. The summed E-state index contributed by atoms with van der Waals surface area (Å²) in [6.45, 7) is 0.916. The number of likely N-dealkylation sites (N-methyl/N-ethyl adjacent to an activating group) is 1. The van der Waals surface area contributed by atoms with Crippen LogP contribution in [0.3, 0.4) is 0 Å². The van der Waals surface area contributed by atoms with Crippen LogP contribution in [0.15, 0.2) is 41.3 Å². The van der Waals surface area contributed by atoms with E-state index < -0.39 is 15.8 Å². The molecule has 0 saturated heterocycles. The van der Waals surface area contributed by atoms with Gasteiger partial charge in [0.15, 0.2) is 15.6 Å². The van der Waals surface area contributed by atoms with E-state index in [4.69, 9.17) is 16.3 Å². The molecule has 2 aromatic carbocycles. The lowest BCUT2D eigenvalue weighted by Crippen LogP contribution is -2.14. The van der Waals surface area contributed by atoms with E-state index in [1.54, 1.807) is 12.1 Å². The summed E-state index contributed by atoms with van der Waals surface area (Å²) in [6.07, 6.45) is 1.91. The maximum absolute atomic E-state index is 12.2. The third kappa shape index (κ3) is 5.69. The molecule has 0 N–H and O–H groups in total. The number of esters is 1. The van der Waals surface area contributed by atoms with E-state index in [-0.39, 0.29) is 21.2 Å². The number of nitrogens with zero attached hydrogens (tertiary/aromatic N) is 1. The standard InChI is InChI=1S/C19H22ClNO5S/c1-21(2)10-9-13-5-7-15(8-6-13)26-18-16(20)11-14(19(22)25-3)12-17(18)27(4,23)24/h5-8,11-12H,9-10H2,1-4H3. The third-order valence-electron chi connectivity index (χ3n) is 3.82. The van der Waals surface area contributed by atoms with Crippen LogP contribution in [0.25, 0.3) is 0 Å². The van der Waals surface area contributed by atoms with Crippen molar-refractivity contribution in [1.82, 2.24) is 4.90 Å². The van der Waals surface area contributed by atoms with Crippen LogP contribution in [0.4, 0.5) is 0 Å². The van der Waals surface area contributed by atoms with Crippen LogP contribution in [-0.4, -0.2) is 53.3 Å². The molecule has 0 atom stereocenters. The predicted octanol–water partition coefficient (Wildman–Crippen LogP) is 3.43. The minimum absolute atomic E-state index is 0.00927. The van der Waals surface area contributed by atoms with Gasteiger partial charge in [-0.3, -0.25) is 0 Å². The van der Waals surface area contributed by atoms with Crippen LogP contribution in [0.5, 0.6) is 11.5 Å². The molecule has 0 fully saturated rings. The van der Waals surface area contributed by atoms with Crippen molar-refractivity contribution in [3.05, 3.63) is 52.5 Å². The Morgan fingerprint density at radius 2 is 1.78 bits per heavy atom. The summed E-state index contributed by atoms with van der Waals surface area (Å²) in [5.41, 5.74) is 1.17. The van der Waals surface area contributed by atoms with Gasteiger partial charge in [0.2, 0.25) is 0 Å².